The standard InChI is InChI=1S/C14H15Cl3N2O5/c1-2-3-18-14(22)19-12(20)6-24-13(21)7-23-11-5-9(16)8(15)4-10(11)17/h4-5H,2-3,6-7H2,1H3,(H2,18,19,20,22). The van der Waals surface area contributed by atoms with Crippen molar-refractivity contribution in [3.05, 3.63) is 27.2 Å². The van der Waals surface area contributed by atoms with E-state index in [1.165, 1.54) is 12.1 Å². The average molecular weight is 398 g/mol. The minimum absolute atomic E-state index is 0.145. The van der Waals surface area contributed by atoms with Crippen LogP contribution >= 0.6 is 34.8 Å². The Kier molecular flexibility index (Phi) is 8.67. The Hall–Kier alpha value is -1.70. The number of benzene rings is 1. The monoisotopic (exact) mass is 396 g/mol. The third kappa shape index (κ3) is 7.25. The number of esters is 1. The van der Waals surface area contributed by atoms with Crippen LogP contribution in [0.2, 0.25) is 15.1 Å². The van der Waals surface area contributed by atoms with Crippen LogP contribution in [-0.4, -0.2) is 37.7 Å². The molecule has 0 unspecified atom stereocenters. The number of amides is 3. The second-order valence-electron chi connectivity index (χ2n) is 4.45. The summed E-state index contributed by atoms with van der Waals surface area (Å²) in [5.41, 5.74) is 0. The predicted molar refractivity (Wildman–Crippen MR) is 89.8 cm³/mol. The molecule has 1 aromatic carbocycles. The van der Waals surface area contributed by atoms with Crippen molar-refractivity contribution < 1.29 is 23.9 Å². The highest BCUT2D eigenvalue weighted by molar-refractivity contribution is 6.43. The molecular weight excluding hydrogens is 383 g/mol. The molecule has 0 heterocycles. The highest BCUT2D eigenvalue weighted by Gasteiger charge is 2.13. The van der Waals surface area contributed by atoms with Crippen molar-refractivity contribution in [2.75, 3.05) is 19.8 Å². The van der Waals surface area contributed by atoms with Crippen molar-refractivity contribution in [3.63, 3.8) is 0 Å². The summed E-state index contributed by atoms with van der Waals surface area (Å²) >= 11 is 17.5. The highest BCUT2D eigenvalue weighted by atomic mass is 35.5. The van der Waals surface area contributed by atoms with Gasteiger partial charge in [0.15, 0.2) is 13.2 Å². The number of ether oxygens (including phenoxy) is 2. The Morgan fingerprint density at radius 2 is 1.71 bits per heavy atom. The fourth-order valence-electron chi connectivity index (χ4n) is 1.38. The van der Waals surface area contributed by atoms with Crippen LogP contribution in [0.25, 0.3) is 0 Å². The lowest BCUT2D eigenvalue weighted by molar-refractivity contribution is -0.150. The van der Waals surface area contributed by atoms with Gasteiger partial charge in [0.05, 0.1) is 15.1 Å². The Bertz CT molecular complexity index is 625. The molecule has 0 aliphatic heterocycles. The summed E-state index contributed by atoms with van der Waals surface area (Å²) in [4.78, 5) is 34.1. The molecule has 7 nitrogen and oxygen atoms in total. The summed E-state index contributed by atoms with van der Waals surface area (Å²) in [6.45, 7) is 1.19. The van der Waals surface area contributed by atoms with E-state index < -0.39 is 31.1 Å². The summed E-state index contributed by atoms with van der Waals surface area (Å²) in [5, 5.41) is 5.07. The molecule has 0 aromatic heterocycles. The molecule has 0 saturated heterocycles. The smallest absolute Gasteiger partial charge is 0.344 e. The predicted octanol–water partition coefficient (Wildman–Crippen LogP) is 2.80. The molecule has 0 atom stereocenters. The van der Waals surface area contributed by atoms with Crippen LogP contribution in [0.15, 0.2) is 12.1 Å². The van der Waals surface area contributed by atoms with Crippen molar-refractivity contribution in [1.29, 1.82) is 0 Å². The molecule has 132 valence electrons. The molecule has 0 saturated carbocycles. The van der Waals surface area contributed by atoms with Gasteiger partial charge in [-0.2, -0.15) is 0 Å². The molecule has 0 aliphatic rings. The minimum atomic E-state index is -0.818. The summed E-state index contributed by atoms with van der Waals surface area (Å²) in [6, 6.07) is 2.07. The third-order valence-corrected chi connectivity index (χ3v) is 3.49. The van der Waals surface area contributed by atoms with Crippen LogP contribution in [0.1, 0.15) is 13.3 Å². The maximum Gasteiger partial charge on any atom is 0.344 e. The SMILES string of the molecule is CCCNC(=O)NC(=O)COC(=O)COc1cc(Cl)c(Cl)cc1Cl. The molecule has 2 N–H and O–H groups in total. The Balaban J connectivity index is 2.35. The zero-order valence-corrected chi connectivity index (χ0v) is 14.9. The van der Waals surface area contributed by atoms with E-state index in [4.69, 9.17) is 39.5 Å². The van der Waals surface area contributed by atoms with E-state index in [1.54, 1.807) is 0 Å². The summed E-state index contributed by atoms with van der Waals surface area (Å²) in [5.74, 6) is -1.43. The summed E-state index contributed by atoms with van der Waals surface area (Å²) in [7, 11) is 0. The first-order valence-corrected chi connectivity index (χ1v) is 7.97. The van der Waals surface area contributed by atoms with Gasteiger partial charge < -0.3 is 14.8 Å². The van der Waals surface area contributed by atoms with E-state index in [9.17, 15) is 14.4 Å². The zero-order chi connectivity index (χ0) is 18.1. The largest absolute Gasteiger partial charge is 0.480 e. The van der Waals surface area contributed by atoms with Crippen LogP contribution in [0.3, 0.4) is 0 Å². The van der Waals surface area contributed by atoms with E-state index in [1.807, 2.05) is 12.2 Å². The summed E-state index contributed by atoms with van der Waals surface area (Å²) in [6.07, 6.45) is 0.727. The van der Waals surface area contributed by atoms with Crippen LogP contribution in [0.5, 0.6) is 5.75 Å². The first kappa shape index (κ1) is 20.3. The first-order valence-electron chi connectivity index (χ1n) is 6.84. The molecule has 1 aromatic rings. The fraction of sp³-hybridized carbons (Fsp3) is 0.357. The highest BCUT2D eigenvalue weighted by Crippen LogP contribution is 2.33. The topological polar surface area (TPSA) is 93.7 Å². The molecule has 24 heavy (non-hydrogen) atoms. The van der Waals surface area contributed by atoms with E-state index >= 15 is 0 Å². The van der Waals surface area contributed by atoms with E-state index in [-0.39, 0.29) is 20.8 Å². The number of hydrogen-bond acceptors (Lipinski definition) is 5. The van der Waals surface area contributed by atoms with Gasteiger partial charge in [-0.3, -0.25) is 10.1 Å². The minimum Gasteiger partial charge on any atom is -0.480 e. The Morgan fingerprint density at radius 1 is 1.04 bits per heavy atom. The molecule has 10 heteroatoms. The molecule has 0 bridgehead atoms. The van der Waals surface area contributed by atoms with Crippen molar-refractivity contribution in [2.45, 2.75) is 13.3 Å². The third-order valence-electron chi connectivity index (χ3n) is 2.47. The molecular formula is C14H15Cl3N2O5. The second kappa shape index (κ2) is 10.2. The maximum absolute atomic E-state index is 11.5. The molecule has 3 amide bonds. The first-order chi connectivity index (χ1) is 11.3. The number of halogens is 3. The van der Waals surface area contributed by atoms with Crippen LogP contribution in [0, 0.1) is 0 Å². The van der Waals surface area contributed by atoms with Crippen molar-refractivity contribution >= 4 is 52.7 Å². The fourth-order valence-corrected chi connectivity index (χ4v) is 1.98. The lowest BCUT2D eigenvalue weighted by Gasteiger charge is -2.09. The van der Waals surface area contributed by atoms with Crippen LogP contribution < -0.4 is 15.4 Å². The molecule has 0 fully saturated rings. The number of carbonyl (C=O) groups is 3. The number of urea groups is 1. The van der Waals surface area contributed by atoms with Gasteiger partial charge in [-0.15, -0.1) is 0 Å². The van der Waals surface area contributed by atoms with Gasteiger partial charge in [-0.1, -0.05) is 41.7 Å². The van der Waals surface area contributed by atoms with Gasteiger partial charge in [0.1, 0.15) is 5.75 Å². The van der Waals surface area contributed by atoms with Gasteiger partial charge in [0.25, 0.3) is 5.91 Å². The van der Waals surface area contributed by atoms with Crippen LogP contribution in [-0.2, 0) is 14.3 Å². The lowest BCUT2D eigenvalue weighted by Crippen LogP contribution is -2.41. The molecule has 0 spiro atoms. The van der Waals surface area contributed by atoms with E-state index in [2.05, 4.69) is 10.1 Å². The van der Waals surface area contributed by atoms with E-state index in [0.717, 1.165) is 6.42 Å². The average Bonchev–Trinajstić information content (AvgIpc) is 2.53. The number of hydrogen-bond donors (Lipinski definition) is 2. The van der Waals surface area contributed by atoms with Gasteiger partial charge in [0, 0.05) is 12.6 Å². The number of carbonyl (C=O) groups excluding carboxylic acids is 3. The van der Waals surface area contributed by atoms with E-state index in [0.29, 0.717) is 6.54 Å². The van der Waals surface area contributed by atoms with Crippen molar-refractivity contribution in [3.8, 4) is 5.75 Å². The maximum atomic E-state index is 11.5. The Labute approximate surface area is 153 Å². The van der Waals surface area contributed by atoms with Crippen molar-refractivity contribution in [1.82, 2.24) is 10.6 Å². The number of rotatable bonds is 7. The zero-order valence-electron chi connectivity index (χ0n) is 12.7. The number of imide groups is 1. The Morgan fingerprint density at radius 3 is 2.38 bits per heavy atom. The van der Waals surface area contributed by atoms with Gasteiger partial charge in [-0.25, -0.2) is 9.59 Å². The molecule has 0 radical (unpaired) electrons. The van der Waals surface area contributed by atoms with Crippen molar-refractivity contribution in [2.24, 2.45) is 0 Å². The quantitative estimate of drug-likeness (QED) is 0.545. The van der Waals surface area contributed by atoms with Gasteiger partial charge >= 0.3 is 12.0 Å². The molecule has 1 rings (SSSR count). The normalized spacial score (nSPS) is 10.0. The van der Waals surface area contributed by atoms with Gasteiger partial charge in [-0.05, 0) is 12.5 Å². The molecule has 0 aliphatic carbocycles. The second-order valence-corrected chi connectivity index (χ2v) is 5.67. The van der Waals surface area contributed by atoms with Crippen LogP contribution in [0.4, 0.5) is 4.79 Å². The number of nitrogens with one attached hydrogen (secondary N) is 2. The summed E-state index contributed by atoms with van der Waals surface area (Å²) < 4.78 is 9.81. The lowest BCUT2D eigenvalue weighted by atomic mass is 10.3. The van der Waals surface area contributed by atoms with Gasteiger partial charge in [0.2, 0.25) is 0 Å².